The van der Waals surface area contributed by atoms with Crippen LogP contribution in [0.4, 0.5) is 10.1 Å². The summed E-state index contributed by atoms with van der Waals surface area (Å²) in [6.07, 6.45) is 4.47. The fraction of sp³-hybridized carbons (Fsp3) is 0.303. The maximum absolute atomic E-state index is 15.1. The Labute approximate surface area is 265 Å². The molecule has 1 aromatic heterocycles. The lowest BCUT2D eigenvalue weighted by molar-refractivity contribution is -0.119. The van der Waals surface area contributed by atoms with Gasteiger partial charge in [0.1, 0.15) is 24.2 Å². The second kappa shape index (κ2) is 15.0. The van der Waals surface area contributed by atoms with Gasteiger partial charge in [-0.15, -0.1) is 0 Å². The van der Waals surface area contributed by atoms with Crippen molar-refractivity contribution in [1.82, 2.24) is 15.2 Å². The summed E-state index contributed by atoms with van der Waals surface area (Å²) in [5.41, 5.74) is 1.56. The van der Waals surface area contributed by atoms with Crippen LogP contribution in [0.5, 0.6) is 28.7 Å². The number of rotatable bonds is 11. The molecule has 1 atom stereocenters. The smallest absolute Gasteiger partial charge is 0.230 e. The molecule has 1 aliphatic heterocycles. The summed E-state index contributed by atoms with van der Waals surface area (Å²) in [4.78, 5) is 19.0. The zero-order chi connectivity index (χ0) is 31.8. The molecular formula is C33H35FN4O6S. The number of phenolic OH excluding ortho intramolecular Hbond substituents is 1. The van der Waals surface area contributed by atoms with Crippen LogP contribution in [-0.2, 0) is 11.2 Å². The predicted octanol–water partition coefficient (Wildman–Crippen LogP) is 5.16. The van der Waals surface area contributed by atoms with Crippen molar-refractivity contribution in [2.24, 2.45) is 0 Å². The Kier molecular flexibility index (Phi) is 10.6. The van der Waals surface area contributed by atoms with Crippen LogP contribution in [0.1, 0.15) is 24.8 Å². The lowest BCUT2D eigenvalue weighted by Gasteiger charge is -2.28. The van der Waals surface area contributed by atoms with Crippen molar-refractivity contribution in [3.05, 3.63) is 78.2 Å². The van der Waals surface area contributed by atoms with Crippen molar-refractivity contribution < 1.29 is 33.6 Å². The van der Waals surface area contributed by atoms with E-state index in [4.69, 9.17) is 26.4 Å². The Morgan fingerprint density at radius 3 is 2.53 bits per heavy atom. The fourth-order valence-electron chi connectivity index (χ4n) is 5.08. The minimum atomic E-state index is -0.655. The molecule has 2 heterocycles. The number of benzene rings is 3. The number of anilines is 1. The molecule has 1 saturated heterocycles. The molecule has 0 aliphatic carbocycles. The molecular weight excluding hydrogens is 599 g/mol. The van der Waals surface area contributed by atoms with Crippen LogP contribution in [-0.4, -0.2) is 70.6 Å². The van der Waals surface area contributed by atoms with Gasteiger partial charge < -0.3 is 40.0 Å². The first-order chi connectivity index (χ1) is 21.8. The van der Waals surface area contributed by atoms with Crippen LogP contribution in [0.15, 0.2) is 66.9 Å². The SMILES string of the molecule is COc1cc2c(Oc3ccc(NC(=S)NC(=O)Cc4ccc(O)cc4)cc3F)ccnc2cc1OCC(O)CN1CCCCC1. The number of aliphatic hydroxyl groups is 1. The quantitative estimate of drug-likeness (QED) is 0.164. The Morgan fingerprint density at radius 2 is 1.80 bits per heavy atom. The maximum atomic E-state index is 15.1. The van der Waals surface area contributed by atoms with Crippen molar-refractivity contribution in [3.63, 3.8) is 0 Å². The van der Waals surface area contributed by atoms with E-state index in [0.29, 0.717) is 45.9 Å². The first-order valence-electron chi connectivity index (χ1n) is 14.6. The summed E-state index contributed by atoms with van der Waals surface area (Å²) in [6.45, 7) is 2.62. The molecule has 4 N–H and O–H groups in total. The van der Waals surface area contributed by atoms with Crippen LogP contribution in [0.2, 0.25) is 0 Å². The number of piperidine rings is 1. The Balaban J connectivity index is 1.21. The summed E-state index contributed by atoms with van der Waals surface area (Å²) in [7, 11) is 1.51. The Bertz CT molecular complexity index is 1650. The van der Waals surface area contributed by atoms with Gasteiger partial charge in [-0.25, -0.2) is 4.39 Å². The zero-order valence-electron chi connectivity index (χ0n) is 24.8. The van der Waals surface area contributed by atoms with Gasteiger partial charge >= 0.3 is 0 Å². The third-order valence-electron chi connectivity index (χ3n) is 7.30. The highest BCUT2D eigenvalue weighted by Gasteiger charge is 2.18. The highest BCUT2D eigenvalue weighted by molar-refractivity contribution is 7.80. The molecule has 236 valence electrons. The van der Waals surface area contributed by atoms with Crippen LogP contribution in [0, 0.1) is 5.82 Å². The Morgan fingerprint density at radius 1 is 1.02 bits per heavy atom. The van der Waals surface area contributed by atoms with E-state index in [9.17, 15) is 15.0 Å². The van der Waals surface area contributed by atoms with Crippen LogP contribution in [0.25, 0.3) is 10.9 Å². The molecule has 1 unspecified atom stereocenters. The molecule has 1 amide bonds. The van der Waals surface area contributed by atoms with Gasteiger partial charge in [0.2, 0.25) is 5.91 Å². The number of thiocarbonyl (C=S) groups is 1. The van der Waals surface area contributed by atoms with Crippen LogP contribution in [0.3, 0.4) is 0 Å². The van der Waals surface area contributed by atoms with E-state index in [2.05, 4.69) is 20.5 Å². The summed E-state index contributed by atoms with van der Waals surface area (Å²) in [5, 5.41) is 25.8. The van der Waals surface area contributed by atoms with E-state index in [0.717, 1.165) is 25.9 Å². The summed E-state index contributed by atoms with van der Waals surface area (Å²) in [6, 6.07) is 15.5. The standard InChI is InChI=1S/C33H35FN4O6S/c1-42-30-17-25-27(18-31(30)43-20-24(40)19-38-13-3-2-4-14-38)35-12-11-28(25)44-29-10-7-22(16-26(29)34)36-33(45)37-32(41)15-21-5-8-23(39)9-6-21/h5-12,16-18,24,39-40H,2-4,13-15,19-20H2,1H3,(H2,36,37,41,45). The van der Waals surface area contributed by atoms with Gasteiger partial charge in [0, 0.05) is 35.9 Å². The molecule has 0 bridgehead atoms. The highest BCUT2D eigenvalue weighted by Crippen LogP contribution is 2.38. The largest absolute Gasteiger partial charge is 0.508 e. The van der Waals surface area contributed by atoms with E-state index in [1.165, 1.54) is 37.8 Å². The number of nitrogens with one attached hydrogen (secondary N) is 2. The van der Waals surface area contributed by atoms with Crippen molar-refractivity contribution in [3.8, 4) is 28.7 Å². The number of phenols is 1. The van der Waals surface area contributed by atoms with Crippen LogP contribution < -0.4 is 24.8 Å². The van der Waals surface area contributed by atoms with E-state index in [1.54, 1.807) is 42.6 Å². The first-order valence-corrected chi connectivity index (χ1v) is 15.0. The van der Waals surface area contributed by atoms with E-state index in [-0.39, 0.29) is 35.5 Å². The number of methoxy groups -OCH3 is 1. The molecule has 1 fully saturated rings. The maximum Gasteiger partial charge on any atom is 0.230 e. The fourth-order valence-corrected chi connectivity index (χ4v) is 5.31. The summed E-state index contributed by atoms with van der Waals surface area (Å²) >= 11 is 5.21. The van der Waals surface area contributed by atoms with Crippen molar-refractivity contribution in [2.75, 3.05) is 38.7 Å². The summed E-state index contributed by atoms with van der Waals surface area (Å²) < 4.78 is 32.5. The zero-order valence-corrected chi connectivity index (χ0v) is 25.6. The number of pyridine rings is 1. The number of aromatic nitrogens is 1. The highest BCUT2D eigenvalue weighted by atomic mass is 32.1. The number of aliphatic hydroxyl groups excluding tert-OH is 1. The molecule has 0 saturated carbocycles. The molecule has 10 nitrogen and oxygen atoms in total. The topological polar surface area (TPSA) is 125 Å². The van der Waals surface area contributed by atoms with E-state index >= 15 is 4.39 Å². The average molecular weight is 635 g/mol. The van der Waals surface area contributed by atoms with Crippen molar-refractivity contribution in [2.45, 2.75) is 31.8 Å². The molecule has 1 aliphatic rings. The number of carbonyl (C=O) groups is 1. The number of amides is 1. The van der Waals surface area contributed by atoms with Gasteiger partial charge in [0.15, 0.2) is 28.2 Å². The molecule has 0 radical (unpaired) electrons. The van der Waals surface area contributed by atoms with Crippen LogP contribution >= 0.6 is 12.2 Å². The number of fused-ring (bicyclic) bond motifs is 1. The number of carbonyl (C=O) groups excluding carboxylic acids is 1. The van der Waals surface area contributed by atoms with Gasteiger partial charge in [0.05, 0.1) is 19.0 Å². The average Bonchev–Trinajstić information content (AvgIpc) is 3.02. The Hall–Kier alpha value is -4.52. The number of halogens is 1. The number of ether oxygens (including phenoxy) is 3. The number of β-amino-alcohol motifs (C(OH)–C–C–N with tert-alkyl or cyclic N) is 1. The second-order valence-corrected chi connectivity index (χ2v) is 11.2. The van der Waals surface area contributed by atoms with E-state index < -0.39 is 11.9 Å². The number of likely N-dealkylation sites (tertiary alicyclic amines) is 1. The molecule has 3 aromatic carbocycles. The minimum absolute atomic E-state index is 0.0103. The number of hydrogen-bond donors (Lipinski definition) is 4. The van der Waals surface area contributed by atoms with Gasteiger partial charge in [-0.05, 0) is 80.1 Å². The van der Waals surface area contributed by atoms with Crippen molar-refractivity contribution >= 4 is 39.8 Å². The number of nitrogens with zero attached hydrogens (tertiary/aromatic N) is 2. The predicted molar refractivity (Wildman–Crippen MR) is 173 cm³/mol. The molecule has 0 spiro atoms. The van der Waals surface area contributed by atoms with Gasteiger partial charge in [-0.2, -0.15) is 0 Å². The van der Waals surface area contributed by atoms with Gasteiger partial charge in [-0.3, -0.25) is 9.78 Å². The van der Waals surface area contributed by atoms with Gasteiger partial charge in [-0.1, -0.05) is 18.6 Å². The minimum Gasteiger partial charge on any atom is -0.508 e. The lowest BCUT2D eigenvalue weighted by atomic mass is 10.1. The monoisotopic (exact) mass is 634 g/mol. The molecule has 5 rings (SSSR count). The van der Waals surface area contributed by atoms with E-state index in [1.807, 2.05) is 0 Å². The molecule has 12 heteroatoms. The third-order valence-corrected chi connectivity index (χ3v) is 7.50. The second-order valence-electron chi connectivity index (χ2n) is 10.7. The van der Waals surface area contributed by atoms with Gasteiger partial charge in [0.25, 0.3) is 0 Å². The lowest BCUT2D eigenvalue weighted by Crippen LogP contribution is -2.38. The molecule has 4 aromatic rings. The number of aromatic hydroxyl groups is 1. The number of hydrogen-bond acceptors (Lipinski definition) is 9. The normalized spacial score (nSPS) is 14.0. The third kappa shape index (κ3) is 8.78. The molecule has 45 heavy (non-hydrogen) atoms. The first kappa shape index (κ1) is 31.9. The summed E-state index contributed by atoms with van der Waals surface area (Å²) in [5.74, 6) is 0.268. The van der Waals surface area contributed by atoms with Crippen molar-refractivity contribution in [1.29, 1.82) is 0 Å².